The molecule has 0 aliphatic rings. The lowest BCUT2D eigenvalue weighted by Crippen LogP contribution is -1.99. The van der Waals surface area contributed by atoms with E-state index in [4.69, 9.17) is 4.42 Å². The molecular formula is C25H22F5NO. The number of benzene rings is 2. The van der Waals surface area contributed by atoms with Crippen LogP contribution in [-0.2, 0) is 12.8 Å². The van der Waals surface area contributed by atoms with Crippen molar-refractivity contribution in [2.45, 2.75) is 52.4 Å². The highest BCUT2D eigenvalue weighted by molar-refractivity contribution is 6.07. The van der Waals surface area contributed by atoms with Gasteiger partial charge in [-0.3, -0.25) is 0 Å². The summed E-state index contributed by atoms with van der Waals surface area (Å²) in [6, 6.07) is 5.30. The molecule has 2 aromatic heterocycles. The van der Waals surface area contributed by atoms with Crippen molar-refractivity contribution in [2.24, 2.45) is 0 Å². The molecule has 0 aliphatic carbocycles. The average molecular weight is 447 g/mol. The standard InChI is InChI=1S/C25H22F5NO/c1-3-5-6-8-14-9-10-15(25(30)31-14)16-12-18-20(24(29)22(16)27)19-17(32-18)11-13(7-4-2)21(26)23(19)28/h9-12H,3-8H2,1-2H3. The van der Waals surface area contributed by atoms with Crippen molar-refractivity contribution < 1.29 is 26.4 Å². The van der Waals surface area contributed by atoms with Crippen LogP contribution in [0.5, 0.6) is 0 Å². The quantitative estimate of drug-likeness (QED) is 0.163. The molecule has 2 heterocycles. The summed E-state index contributed by atoms with van der Waals surface area (Å²) in [5, 5.41) is -0.976. The summed E-state index contributed by atoms with van der Waals surface area (Å²) >= 11 is 0. The van der Waals surface area contributed by atoms with Crippen LogP contribution < -0.4 is 0 Å². The molecule has 7 heteroatoms. The van der Waals surface area contributed by atoms with Crippen LogP contribution in [0.1, 0.15) is 50.8 Å². The Morgan fingerprint density at radius 3 is 2.06 bits per heavy atom. The van der Waals surface area contributed by atoms with Crippen LogP contribution in [0.3, 0.4) is 0 Å². The number of aryl methyl sites for hydroxylation is 2. The van der Waals surface area contributed by atoms with Crippen LogP contribution in [0.25, 0.3) is 33.1 Å². The zero-order valence-corrected chi connectivity index (χ0v) is 17.8. The lowest BCUT2D eigenvalue weighted by molar-refractivity contribution is 0.504. The summed E-state index contributed by atoms with van der Waals surface area (Å²) in [4.78, 5) is 3.88. The summed E-state index contributed by atoms with van der Waals surface area (Å²) in [5.74, 6) is -6.14. The van der Waals surface area contributed by atoms with Crippen molar-refractivity contribution in [3.05, 3.63) is 64.7 Å². The Labute approximate surface area is 182 Å². The molecule has 0 bridgehead atoms. The Balaban J connectivity index is 1.87. The molecule has 0 aliphatic heterocycles. The molecule has 0 fully saturated rings. The molecule has 0 amide bonds. The lowest BCUT2D eigenvalue weighted by atomic mass is 10.0. The van der Waals surface area contributed by atoms with Crippen molar-refractivity contribution in [2.75, 3.05) is 0 Å². The van der Waals surface area contributed by atoms with Gasteiger partial charge < -0.3 is 4.42 Å². The normalized spacial score (nSPS) is 11.7. The number of pyridine rings is 1. The Morgan fingerprint density at radius 2 is 1.41 bits per heavy atom. The Bertz CT molecular complexity index is 1310. The van der Waals surface area contributed by atoms with Gasteiger partial charge in [-0.2, -0.15) is 4.39 Å². The summed E-state index contributed by atoms with van der Waals surface area (Å²) in [6.45, 7) is 3.85. The largest absolute Gasteiger partial charge is 0.456 e. The first kappa shape index (κ1) is 22.2. The highest BCUT2D eigenvalue weighted by Crippen LogP contribution is 2.39. The molecule has 32 heavy (non-hydrogen) atoms. The van der Waals surface area contributed by atoms with Gasteiger partial charge in [0.2, 0.25) is 5.95 Å². The summed E-state index contributed by atoms with van der Waals surface area (Å²) < 4.78 is 79.3. The zero-order chi connectivity index (χ0) is 23.0. The molecule has 0 atom stereocenters. The van der Waals surface area contributed by atoms with Crippen LogP contribution in [0.15, 0.2) is 28.7 Å². The van der Waals surface area contributed by atoms with Gasteiger partial charge in [-0.25, -0.2) is 22.5 Å². The van der Waals surface area contributed by atoms with Crippen molar-refractivity contribution in [1.82, 2.24) is 4.98 Å². The first-order valence-corrected chi connectivity index (χ1v) is 10.7. The maximum absolute atomic E-state index is 15.0. The second kappa shape index (κ2) is 8.88. The number of fused-ring (bicyclic) bond motifs is 3. The number of hydrogen-bond donors (Lipinski definition) is 0. The Kier molecular flexibility index (Phi) is 6.17. The number of halogens is 5. The van der Waals surface area contributed by atoms with E-state index in [0.29, 0.717) is 18.5 Å². The molecule has 0 N–H and O–H groups in total. The van der Waals surface area contributed by atoms with Crippen LogP contribution in [0, 0.1) is 29.2 Å². The number of furan rings is 1. The van der Waals surface area contributed by atoms with Crippen molar-refractivity contribution in [3.63, 3.8) is 0 Å². The lowest BCUT2D eigenvalue weighted by Gasteiger charge is -2.08. The molecule has 0 unspecified atom stereocenters. The molecule has 2 aromatic carbocycles. The van der Waals surface area contributed by atoms with Gasteiger partial charge in [0.1, 0.15) is 11.2 Å². The Hall–Kier alpha value is -2.96. The summed E-state index contributed by atoms with van der Waals surface area (Å²) in [7, 11) is 0. The van der Waals surface area contributed by atoms with Gasteiger partial charge in [0.25, 0.3) is 0 Å². The minimum atomic E-state index is -1.43. The van der Waals surface area contributed by atoms with E-state index in [9.17, 15) is 17.6 Å². The molecule has 2 nitrogen and oxygen atoms in total. The topological polar surface area (TPSA) is 26.0 Å². The van der Waals surface area contributed by atoms with Crippen LogP contribution >= 0.6 is 0 Å². The molecule has 0 radical (unpaired) electrons. The third-order valence-corrected chi connectivity index (χ3v) is 5.64. The number of hydrogen-bond acceptors (Lipinski definition) is 2. The van der Waals surface area contributed by atoms with E-state index < -0.39 is 45.6 Å². The van der Waals surface area contributed by atoms with Crippen LogP contribution in [0.4, 0.5) is 22.0 Å². The summed E-state index contributed by atoms with van der Waals surface area (Å²) in [5.41, 5.74) is -0.317. The molecule has 4 rings (SSSR count). The van der Waals surface area contributed by atoms with Gasteiger partial charge in [-0.05, 0) is 49.1 Å². The van der Waals surface area contributed by atoms with Crippen LogP contribution in [-0.4, -0.2) is 4.98 Å². The highest BCUT2D eigenvalue weighted by atomic mass is 19.2. The molecule has 0 saturated carbocycles. The fraction of sp³-hybridized carbons (Fsp3) is 0.320. The number of unbranched alkanes of at least 4 members (excludes halogenated alkanes) is 2. The van der Waals surface area contributed by atoms with Gasteiger partial charge in [-0.15, -0.1) is 0 Å². The second-order valence-corrected chi connectivity index (χ2v) is 7.91. The summed E-state index contributed by atoms with van der Waals surface area (Å²) in [6.07, 6.45) is 4.24. The molecule has 0 saturated heterocycles. The maximum atomic E-state index is 15.0. The van der Waals surface area contributed by atoms with E-state index in [1.54, 1.807) is 13.0 Å². The first-order chi connectivity index (χ1) is 15.4. The van der Waals surface area contributed by atoms with Crippen LogP contribution in [0.2, 0.25) is 0 Å². The van der Waals surface area contributed by atoms with E-state index in [-0.39, 0.29) is 28.7 Å². The van der Waals surface area contributed by atoms with E-state index in [1.165, 1.54) is 12.1 Å². The van der Waals surface area contributed by atoms with Gasteiger partial charge in [0.05, 0.1) is 10.8 Å². The fourth-order valence-corrected chi connectivity index (χ4v) is 4.02. The third kappa shape index (κ3) is 3.74. The highest BCUT2D eigenvalue weighted by Gasteiger charge is 2.26. The first-order valence-electron chi connectivity index (χ1n) is 10.7. The monoisotopic (exact) mass is 447 g/mol. The predicted octanol–water partition coefficient (Wildman–Crippen LogP) is 8.03. The minimum Gasteiger partial charge on any atom is -0.456 e. The van der Waals surface area contributed by atoms with Crippen molar-refractivity contribution in [1.29, 1.82) is 0 Å². The second-order valence-electron chi connectivity index (χ2n) is 7.91. The fourth-order valence-electron chi connectivity index (χ4n) is 4.02. The molecule has 4 aromatic rings. The SMILES string of the molecule is CCCCCc1ccc(-c2cc3oc4cc(CCC)c(F)c(F)c4c3c(F)c2F)c(F)n1. The molecule has 168 valence electrons. The zero-order valence-electron chi connectivity index (χ0n) is 17.8. The van der Waals surface area contributed by atoms with E-state index in [2.05, 4.69) is 4.98 Å². The molecular weight excluding hydrogens is 425 g/mol. The van der Waals surface area contributed by atoms with E-state index in [0.717, 1.165) is 25.3 Å². The smallest absolute Gasteiger partial charge is 0.221 e. The average Bonchev–Trinajstić information content (AvgIpc) is 3.13. The maximum Gasteiger partial charge on any atom is 0.221 e. The third-order valence-electron chi connectivity index (χ3n) is 5.64. The van der Waals surface area contributed by atoms with Crippen molar-refractivity contribution in [3.8, 4) is 11.1 Å². The minimum absolute atomic E-state index is 0.0894. The predicted molar refractivity (Wildman–Crippen MR) is 114 cm³/mol. The van der Waals surface area contributed by atoms with Gasteiger partial charge >= 0.3 is 0 Å². The van der Waals surface area contributed by atoms with E-state index >= 15 is 4.39 Å². The van der Waals surface area contributed by atoms with E-state index in [1.807, 2.05) is 6.92 Å². The van der Waals surface area contributed by atoms with Gasteiger partial charge in [-0.1, -0.05) is 33.1 Å². The van der Waals surface area contributed by atoms with Crippen molar-refractivity contribution >= 4 is 21.9 Å². The van der Waals surface area contributed by atoms with Gasteiger partial charge in [0, 0.05) is 16.8 Å². The number of nitrogens with zero attached hydrogens (tertiary/aromatic N) is 1. The number of aromatic nitrogens is 1. The molecule has 0 spiro atoms. The van der Waals surface area contributed by atoms with Gasteiger partial charge in [0.15, 0.2) is 23.3 Å². The Morgan fingerprint density at radius 1 is 0.719 bits per heavy atom. The number of rotatable bonds is 7.